The molecule has 0 aromatic rings. The predicted molar refractivity (Wildman–Crippen MR) is 119 cm³/mol. The van der Waals surface area contributed by atoms with Gasteiger partial charge in [-0.25, -0.2) is 0 Å². The lowest BCUT2D eigenvalue weighted by Gasteiger charge is -2.34. The number of hydrogen-bond acceptors (Lipinski definition) is 7. The van der Waals surface area contributed by atoms with E-state index in [1.165, 1.54) is 0 Å². The number of rotatable bonds is 17. The summed E-state index contributed by atoms with van der Waals surface area (Å²) < 4.78 is 76.2. The topological polar surface area (TPSA) is 64.6 Å². The van der Waals surface area contributed by atoms with Crippen LogP contribution >= 0.6 is 0 Å². The largest absolute Gasteiger partial charge is 0.500 e. The quantitative estimate of drug-likeness (QED) is 0.215. The van der Waals surface area contributed by atoms with E-state index >= 15 is 0 Å². The fourth-order valence-electron chi connectivity index (χ4n) is 2.92. The molecular weight excluding hydrogens is 474 g/mol. The highest BCUT2D eigenvalue weighted by molar-refractivity contribution is 6.80. The van der Waals surface area contributed by atoms with Crippen LogP contribution < -0.4 is 0 Å². The number of hydrogen-bond donors (Lipinski definition) is 0. The molecule has 0 amide bonds. The van der Waals surface area contributed by atoms with Gasteiger partial charge in [-0.1, -0.05) is 0 Å². The van der Waals surface area contributed by atoms with E-state index in [2.05, 4.69) is 13.1 Å². The maximum absolute atomic E-state index is 12.1. The first-order valence-electron chi connectivity index (χ1n) is 9.97. The van der Waals surface area contributed by atoms with E-state index in [1.54, 1.807) is 28.4 Å². The Balaban J connectivity index is 4.48. The summed E-state index contributed by atoms with van der Waals surface area (Å²) in [5, 5.41) is 0. The molecule has 0 radical (unpaired) electrons. The Labute approximate surface area is 184 Å². The zero-order valence-electron chi connectivity index (χ0n) is 19.5. The average Bonchev–Trinajstić information content (AvgIpc) is 2.64. The van der Waals surface area contributed by atoms with Gasteiger partial charge in [0.15, 0.2) is 8.32 Å². The maximum Gasteiger partial charge on any atom is 0.500 e. The van der Waals surface area contributed by atoms with E-state index < -0.39 is 47.6 Å². The van der Waals surface area contributed by atoms with Crippen molar-refractivity contribution in [1.82, 2.24) is 0 Å². The van der Waals surface area contributed by atoms with Gasteiger partial charge in [-0.15, -0.1) is 0 Å². The van der Waals surface area contributed by atoms with Gasteiger partial charge in [0.05, 0.1) is 13.0 Å². The molecule has 2 unspecified atom stereocenters. The zero-order valence-corrected chi connectivity index (χ0v) is 23.7. The summed E-state index contributed by atoms with van der Waals surface area (Å²) in [6.07, 6.45) is -4.42. The van der Waals surface area contributed by atoms with Gasteiger partial charge < -0.3 is 30.7 Å². The molecule has 30 heavy (non-hydrogen) atoms. The lowest BCUT2D eigenvalue weighted by molar-refractivity contribution is -0.145. The summed E-state index contributed by atoms with van der Waals surface area (Å²) in [7, 11) is -2.81. The van der Waals surface area contributed by atoms with Crippen LogP contribution in [0.5, 0.6) is 0 Å². The summed E-state index contributed by atoms with van der Waals surface area (Å²) in [6, 6.07) is 2.03. The minimum Gasteiger partial charge on any atom is -0.439 e. The van der Waals surface area contributed by atoms with Crippen LogP contribution in [-0.2, 0) is 30.7 Å². The Kier molecular flexibility index (Phi) is 14.0. The lowest BCUT2D eigenvalue weighted by atomic mass is 10.4. The van der Waals surface area contributed by atoms with Crippen LogP contribution in [0.4, 0.5) is 13.2 Å². The molecule has 0 aliphatic heterocycles. The van der Waals surface area contributed by atoms with E-state index in [1.807, 2.05) is 13.1 Å². The van der Waals surface area contributed by atoms with Crippen LogP contribution in [-0.4, -0.2) is 82.8 Å². The molecule has 0 fully saturated rings. The van der Waals surface area contributed by atoms with Crippen molar-refractivity contribution >= 4 is 35.0 Å². The normalized spacial score (nSPS) is 16.5. The third kappa shape index (κ3) is 13.0. The highest BCUT2D eigenvalue weighted by Gasteiger charge is 2.43. The van der Waals surface area contributed by atoms with Crippen LogP contribution in [0.2, 0.25) is 44.3 Å². The van der Waals surface area contributed by atoms with Crippen LogP contribution in [0.1, 0.15) is 12.8 Å². The third-order valence-electron chi connectivity index (χ3n) is 4.75. The van der Waals surface area contributed by atoms with Crippen molar-refractivity contribution in [3.05, 3.63) is 0 Å². The van der Waals surface area contributed by atoms with E-state index in [9.17, 15) is 13.2 Å². The Morgan fingerprint density at radius 3 is 1.80 bits per heavy atom. The molecule has 0 bridgehead atoms. The lowest BCUT2D eigenvalue weighted by Crippen LogP contribution is -2.50. The minimum absolute atomic E-state index is 0.298. The highest BCUT2D eigenvalue weighted by atomic mass is 28.5. The minimum atomic E-state index is -4.18. The number of halogens is 3. The van der Waals surface area contributed by atoms with Crippen molar-refractivity contribution in [3.8, 4) is 0 Å². The summed E-state index contributed by atoms with van der Waals surface area (Å²) >= 11 is 0. The molecule has 2 atom stereocenters. The van der Waals surface area contributed by atoms with Crippen molar-refractivity contribution in [2.24, 2.45) is 0 Å². The maximum atomic E-state index is 12.1. The van der Waals surface area contributed by atoms with Crippen LogP contribution in [0.25, 0.3) is 0 Å². The van der Waals surface area contributed by atoms with Crippen molar-refractivity contribution in [2.75, 3.05) is 41.7 Å². The first-order chi connectivity index (χ1) is 13.8. The summed E-state index contributed by atoms with van der Waals surface area (Å²) in [5.74, 6) is 0. The second-order valence-corrected chi connectivity index (χ2v) is 21.1. The number of ether oxygens (including phenoxy) is 1. The van der Waals surface area contributed by atoms with Crippen molar-refractivity contribution in [3.63, 3.8) is 0 Å². The molecular formula is C16H39F3O7Si4. The molecule has 0 aromatic heterocycles. The molecule has 0 heterocycles. The first-order valence-corrected chi connectivity index (χ1v) is 19.6. The monoisotopic (exact) mass is 512 g/mol. The third-order valence-corrected chi connectivity index (χ3v) is 18.8. The van der Waals surface area contributed by atoms with Crippen molar-refractivity contribution in [1.29, 1.82) is 0 Å². The van der Waals surface area contributed by atoms with Gasteiger partial charge in [0.25, 0.3) is 9.28 Å². The van der Waals surface area contributed by atoms with Gasteiger partial charge in [-0.3, -0.25) is 0 Å². The van der Waals surface area contributed by atoms with Gasteiger partial charge in [-0.05, 0) is 44.7 Å². The highest BCUT2D eigenvalue weighted by Crippen LogP contribution is 2.25. The molecule has 182 valence electrons. The van der Waals surface area contributed by atoms with Crippen LogP contribution in [0.3, 0.4) is 0 Å². The molecule has 0 aliphatic carbocycles. The standard InChI is InChI=1S/C16H39F3O7Si4/c1-20-29(8,14-15-30(21-2,22-3)23-4)26-27(5)25-28(6,7)13-9-11-24-12-10-16(17,18)19/h27H,9-15H2,1-8H3. The molecule has 0 spiro atoms. The van der Waals surface area contributed by atoms with Gasteiger partial charge >= 0.3 is 23.5 Å². The van der Waals surface area contributed by atoms with Crippen LogP contribution in [0.15, 0.2) is 0 Å². The molecule has 0 rings (SSSR count). The van der Waals surface area contributed by atoms with Gasteiger partial charge in [0.1, 0.15) is 0 Å². The van der Waals surface area contributed by atoms with E-state index in [-0.39, 0.29) is 6.61 Å². The molecule has 0 aromatic carbocycles. The first kappa shape index (κ1) is 30.4. The van der Waals surface area contributed by atoms with Gasteiger partial charge in [0, 0.05) is 41.1 Å². The Bertz CT molecular complexity index is 462. The van der Waals surface area contributed by atoms with E-state index in [0.29, 0.717) is 25.1 Å². The summed E-state index contributed by atoms with van der Waals surface area (Å²) in [6.45, 7) is 8.14. The van der Waals surface area contributed by atoms with E-state index in [4.69, 9.17) is 30.7 Å². The summed E-state index contributed by atoms with van der Waals surface area (Å²) in [4.78, 5) is 0. The SMILES string of the molecule is CO[Si](C)(CC[Si](OC)(OC)OC)O[SiH](C)O[Si](C)(C)CCCOCCC(F)(F)F. The second-order valence-electron chi connectivity index (χ2n) is 7.78. The fraction of sp³-hybridized carbons (Fsp3) is 1.00. The molecule has 14 heteroatoms. The Morgan fingerprint density at radius 1 is 0.767 bits per heavy atom. The van der Waals surface area contributed by atoms with Crippen molar-refractivity contribution < 1.29 is 43.8 Å². The summed E-state index contributed by atoms with van der Waals surface area (Å²) in [5.41, 5.74) is 0. The molecule has 0 aliphatic rings. The molecule has 0 N–H and O–H groups in total. The number of alkyl halides is 3. The molecule has 7 nitrogen and oxygen atoms in total. The van der Waals surface area contributed by atoms with Gasteiger partial charge in [0.2, 0.25) is 0 Å². The van der Waals surface area contributed by atoms with Crippen molar-refractivity contribution in [2.45, 2.75) is 63.3 Å². The second kappa shape index (κ2) is 13.8. The smallest absolute Gasteiger partial charge is 0.439 e. The predicted octanol–water partition coefficient (Wildman–Crippen LogP) is 4.03. The fourth-order valence-corrected chi connectivity index (χ4v) is 16.6. The van der Waals surface area contributed by atoms with E-state index in [0.717, 1.165) is 6.04 Å². The molecule has 0 saturated heterocycles. The zero-order chi connectivity index (χ0) is 23.5. The van der Waals surface area contributed by atoms with Crippen LogP contribution in [0, 0.1) is 0 Å². The van der Waals surface area contributed by atoms with Gasteiger partial charge in [-0.2, -0.15) is 13.2 Å². The Morgan fingerprint density at radius 2 is 1.33 bits per heavy atom. The Hall–Kier alpha value is 0.378. The molecule has 0 saturated carbocycles. The average molecular weight is 513 g/mol.